The molecule has 8 heteroatoms. The van der Waals surface area contributed by atoms with Crippen LogP contribution in [0, 0.1) is 0 Å². The lowest BCUT2D eigenvalue weighted by atomic mass is 9.97. The highest BCUT2D eigenvalue weighted by Crippen LogP contribution is 2.33. The average molecular weight is 421 g/mol. The molecular weight excluding hydrogens is 392 g/mol. The summed E-state index contributed by atoms with van der Waals surface area (Å²) in [6.45, 7) is 3.71. The third-order valence-corrected chi connectivity index (χ3v) is 7.80. The van der Waals surface area contributed by atoms with E-state index in [0.717, 1.165) is 73.7 Å². The summed E-state index contributed by atoms with van der Waals surface area (Å²) < 4.78 is 0. The summed E-state index contributed by atoms with van der Waals surface area (Å²) in [5.41, 5.74) is 1.23. The second kappa shape index (κ2) is 8.97. The van der Waals surface area contributed by atoms with E-state index in [1.54, 1.807) is 23.1 Å². The Kier molecular flexibility index (Phi) is 6.38. The molecule has 2 aliphatic rings. The largest absolute Gasteiger partial charge is 0.341 e. The Hall–Kier alpha value is -1.38. The summed E-state index contributed by atoms with van der Waals surface area (Å²) >= 11 is 3.36. The van der Waals surface area contributed by atoms with Gasteiger partial charge in [-0.05, 0) is 51.3 Å². The number of rotatable bonds is 5. The number of hydrogen-bond donors (Lipinski definition) is 1. The van der Waals surface area contributed by atoms with E-state index in [0.29, 0.717) is 12.2 Å². The number of amides is 1. The van der Waals surface area contributed by atoms with Gasteiger partial charge in [0.15, 0.2) is 0 Å². The Balaban J connectivity index is 1.32. The molecule has 0 atom stereocenters. The van der Waals surface area contributed by atoms with Crippen LogP contribution in [-0.2, 0) is 23.4 Å². The van der Waals surface area contributed by atoms with E-state index in [1.165, 1.54) is 16.9 Å². The minimum Gasteiger partial charge on any atom is -0.341 e. The molecule has 1 aliphatic carbocycles. The summed E-state index contributed by atoms with van der Waals surface area (Å²) in [7, 11) is 2.11. The van der Waals surface area contributed by atoms with Gasteiger partial charge in [-0.3, -0.25) is 9.59 Å². The second-order valence-corrected chi connectivity index (χ2v) is 9.93. The first-order valence-corrected chi connectivity index (χ1v) is 12.2. The van der Waals surface area contributed by atoms with Crippen molar-refractivity contribution in [2.45, 2.75) is 44.3 Å². The first kappa shape index (κ1) is 19.9. The first-order chi connectivity index (χ1) is 13.6. The lowest BCUT2D eigenvalue weighted by Gasteiger charge is -2.20. The van der Waals surface area contributed by atoms with Crippen LogP contribution >= 0.6 is 23.1 Å². The number of nitrogens with one attached hydrogen (secondary N) is 1. The molecule has 0 spiro atoms. The topological polar surface area (TPSA) is 69.3 Å². The molecule has 6 nitrogen and oxygen atoms in total. The number of hydrogen-bond acceptors (Lipinski definition) is 6. The summed E-state index contributed by atoms with van der Waals surface area (Å²) in [6.07, 6.45) is 6.05. The van der Waals surface area contributed by atoms with Gasteiger partial charge in [-0.25, -0.2) is 4.98 Å². The molecule has 1 amide bonds. The number of fused-ring (bicyclic) bond motifs is 3. The molecule has 28 heavy (non-hydrogen) atoms. The Morgan fingerprint density at radius 1 is 1.18 bits per heavy atom. The van der Waals surface area contributed by atoms with Gasteiger partial charge in [0.05, 0.1) is 11.1 Å². The Bertz CT molecular complexity index is 907. The van der Waals surface area contributed by atoms with Gasteiger partial charge in [0.2, 0.25) is 5.91 Å². The highest BCUT2D eigenvalue weighted by molar-refractivity contribution is 7.98. The first-order valence-electron chi connectivity index (χ1n) is 10.2. The van der Waals surface area contributed by atoms with Gasteiger partial charge >= 0.3 is 0 Å². The van der Waals surface area contributed by atoms with Crippen LogP contribution in [0.1, 0.15) is 41.9 Å². The zero-order valence-electron chi connectivity index (χ0n) is 16.5. The molecule has 152 valence electrons. The number of thiophene rings is 1. The van der Waals surface area contributed by atoms with Crippen LogP contribution in [0.3, 0.4) is 0 Å². The van der Waals surface area contributed by atoms with E-state index in [-0.39, 0.29) is 11.5 Å². The van der Waals surface area contributed by atoms with Gasteiger partial charge in [-0.1, -0.05) is 0 Å². The molecule has 4 rings (SSSR count). The fraction of sp³-hybridized carbons (Fsp3) is 0.650. The highest BCUT2D eigenvalue weighted by Gasteiger charge is 2.20. The van der Waals surface area contributed by atoms with Crippen LogP contribution in [0.2, 0.25) is 0 Å². The smallest absolute Gasteiger partial charge is 0.259 e. The normalized spacial score (nSPS) is 18.2. The molecule has 1 saturated heterocycles. The third kappa shape index (κ3) is 4.44. The van der Waals surface area contributed by atoms with Crippen molar-refractivity contribution < 1.29 is 4.79 Å². The predicted molar refractivity (Wildman–Crippen MR) is 116 cm³/mol. The van der Waals surface area contributed by atoms with Crippen LogP contribution < -0.4 is 5.56 Å². The summed E-state index contributed by atoms with van der Waals surface area (Å²) in [6, 6.07) is 0. The quantitative estimate of drug-likeness (QED) is 0.753. The van der Waals surface area contributed by atoms with E-state index in [9.17, 15) is 9.59 Å². The van der Waals surface area contributed by atoms with Crippen molar-refractivity contribution >= 4 is 39.2 Å². The Morgan fingerprint density at radius 2 is 2.04 bits per heavy atom. The van der Waals surface area contributed by atoms with Crippen LogP contribution in [-0.4, -0.2) is 64.7 Å². The number of aromatic nitrogens is 2. The lowest BCUT2D eigenvalue weighted by molar-refractivity contribution is -0.130. The van der Waals surface area contributed by atoms with Gasteiger partial charge in [0.1, 0.15) is 10.7 Å². The SMILES string of the molecule is CN1CCCN(C(=O)CCSCc2nc3sc4c(c3c(=O)[nH]2)CCCC4)CC1. The minimum atomic E-state index is 0.00441. The van der Waals surface area contributed by atoms with Gasteiger partial charge in [0.25, 0.3) is 5.56 Å². The fourth-order valence-electron chi connectivity index (χ4n) is 4.06. The molecule has 0 saturated carbocycles. The number of H-pyrrole nitrogens is 1. The van der Waals surface area contributed by atoms with E-state index in [4.69, 9.17) is 4.98 Å². The molecule has 1 N–H and O–H groups in total. The zero-order valence-corrected chi connectivity index (χ0v) is 18.1. The second-order valence-electron chi connectivity index (χ2n) is 7.74. The van der Waals surface area contributed by atoms with Gasteiger partial charge in [0, 0.05) is 36.7 Å². The summed E-state index contributed by atoms with van der Waals surface area (Å²) in [5.74, 6) is 2.37. The maximum absolute atomic E-state index is 12.6. The van der Waals surface area contributed by atoms with Gasteiger partial charge < -0.3 is 14.8 Å². The lowest BCUT2D eigenvalue weighted by Crippen LogP contribution is -2.34. The number of carbonyl (C=O) groups excluding carboxylic acids is 1. The van der Waals surface area contributed by atoms with Crippen molar-refractivity contribution in [2.75, 3.05) is 39.0 Å². The summed E-state index contributed by atoms with van der Waals surface area (Å²) in [5, 5.41) is 0.815. The van der Waals surface area contributed by atoms with E-state index >= 15 is 0 Å². The van der Waals surface area contributed by atoms with Gasteiger partial charge in [-0.2, -0.15) is 11.8 Å². The summed E-state index contributed by atoms with van der Waals surface area (Å²) in [4.78, 5) is 39.2. The number of carbonyl (C=O) groups is 1. The minimum absolute atomic E-state index is 0.00441. The molecule has 3 heterocycles. The number of aromatic amines is 1. The number of nitrogens with zero attached hydrogens (tertiary/aromatic N) is 3. The molecule has 0 unspecified atom stereocenters. The molecule has 0 bridgehead atoms. The number of thioether (sulfide) groups is 1. The Morgan fingerprint density at radius 3 is 2.93 bits per heavy atom. The third-order valence-electron chi connectivity index (χ3n) is 5.65. The van der Waals surface area contributed by atoms with Crippen molar-refractivity contribution in [3.05, 3.63) is 26.6 Å². The number of aryl methyl sites for hydroxylation is 2. The Labute approximate surface area is 173 Å². The van der Waals surface area contributed by atoms with Crippen LogP contribution in [0.4, 0.5) is 0 Å². The van der Waals surface area contributed by atoms with Crippen LogP contribution in [0.5, 0.6) is 0 Å². The van der Waals surface area contributed by atoms with Crippen molar-refractivity contribution in [2.24, 2.45) is 0 Å². The maximum atomic E-state index is 12.6. The average Bonchev–Trinajstić information content (AvgIpc) is 2.92. The standard InChI is InChI=1S/C20H28N4O2S2/c1-23-8-4-9-24(11-10-23)17(25)7-12-27-13-16-21-19(26)18-14-5-2-3-6-15(14)28-20(18)22-16/h2-13H2,1H3,(H,21,22,26). The fourth-order valence-corrected chi connectivity index (χ4v) is 6.13. The van der Waals surface area contributed by atoms with Crippen molar-refractivity contribution in [1.82, 2.24) is 19.8 Å². The molecule has 1 fully saturated rings. The van der Waals surface area contributed by atoms with Crippen LogP contribution in [0.25, 0.3) is 10.2 Å². The van der Waals surface area contributed by atoms with Gasteiger partial charge in [-0.15, -0.1) is 11.3 Å². The van der Waals surface area contributed by atoms with E-state index in [2.05, 4.69) is 16.9 Å². The molecule has 0 aromatic carbocycles. The highest BCUT2D eigenvalue weighted by atomic mass is 32.2. The van der Waals surface area contributed by atoms with E-state index < -0.39 is 0 Å². The monoisotopic (exact) mass is 420 g/mol. The van der Waals surface area contributed by atoms with Crippen molar-refractivity contribution in [3.8, 4) is 0 Å². The predicted octanol–water partition coefficient (Wildman–Crippen LogP) is 2.65. The van der Waals surface area contributed by atoms with E-state index in [1.807, 2.05) is 4.90 Å². The van der Waals surface area contributed by atoms with Crippen LogP contribution in [0.15, 0.2) is 4.79 Å². The molecule has 2 aromatic heterocycles. The number of likely N-dealkylation sites (N-methyl/N-ethyl adjacent to an activating group) is 1. The van der Waals surface area contributed by atoms with Crippen molar-refractivity contribution in [3.63, 3.8) is 0 Å². The maximum Gasteiger partial charge on any atom is 0.259 e. The molecular formula is C20H28N4O2S2. The molecule has 0 radical (unpaired) electrons. The molecule has 1 aliphatic heterocycles. The zero-order chi connectivity index (χ0) is 19.5. The van der Waals surface area contributed by atoms with Crippen molar-refractivity contribution in [1.29, 1.82) is 0 Å². The molecule has 2 aromatic rings.